The van der Waals surface area contributed by atoms with E-state index < -0.39 is 0 Å². The summed E-state index contributed by atoms with van der Waals surface area (Å²) in [6, 6.07) is 0. The van der Waals surface area contributed by atoms with Gasteiger partial charge in [0.1, 0.15) is 0 Å². The van der Waals surface area contributed by atoms with Gasteiger partial charge in [-0.3, -0.25) is 0 Å². The van der Waals surface area contributed by atoms with Gasteiger partial charge in [-0.05, 0) is 17.8 Å². The molecule has 2 heteroatoms. The normalized spacial score (nSPS) is 41.3. The van der Waals surface area contributed by atoms with E-state index in [0.717, 1.165) is 0 Å². The molecule has 0 aromatic rings. The van der Waals surface area contributed by atoms with Gasteiger partial charge < -0.3 is 5.11 Å². The smallest absolute Gasteiger partial charge is 0.875 e. The topological polar surface area (TPSA) is 23.1 Å². The summed E-state index contributed by atoms with van der Waals surface area (Å²) < 4.78 is 0. The second-order valence-electron chi connectivity index (χ2n) is 2.92. The summed E-state index contributed by atoms with van der Waals surface area (Å²) in [6.07, 6.45) is 6.02. The molecule has 2 aliphatic rings. The Morgan fingerprint density at radius 2 is 2.10 bits per heavy atom. The molecule has 48 valence electrons. The van der Waals surface area contributed by atoms with Gasteiger partial charge in [-0.2, -0.15) is 0 Å². The van der Waals surface area contributed by atoms with E-state index in [1.54, 1.807) is 0 Å². The Bertz CT molecular complexity index is 195. The quantitative estimate of drug-likeness (QED) is 0.265. The molecule has 0 aromatic heterocycles. The van der Waals surface area contributed by atoms with E-state index in [1.165, 1.54) is 0 Å². The van der Waals surface area contributed by atoms with E-state index in [4.69, 9.17) is 0 Å². The molecule has 1 nitrogen and oxygen atoms in total. The van der Waals surface area contributed by atoms with Crippen molar-refractivity contribution < 1.29 is 24.0 Å². The van der Waals surface area contributed by atoms with Gasteiger partial charge in [-0.25, -0.2) is 0 Å². The number of fused-ring (bicyclic) bond motifs is 2. The predicted molar refractivity (Wildman–Crippen MR) is 33.4 cm³/mol. The fourth-order valence-corrected chi connectivity index (χ4v) is 1.70. The molecule has 0 saturated heterocycles. The molecule has 3 atom stereocenters. The Hall–Kier alpha value is -0.123. The van der Waals surface area contributed by atoms with Gasteiger partial charge in [-0.1, -0.05) is 25.2 Å². The van der Waals surface area contributed by atoms with Gasteiger partial charge >= 0.3 is 18.9 Å². The van der Waals surface area contributed by atoms with Crippen LogP contribution in [0.2, 0.25) is 0 Å². The summed E-state index contributed by atoms with van der Waals surface area (Å²) in [7, 11) is 0. The number of hydrogen-bond acceptors (Lipinski definition) is 1. The van der Waals surface area contributed by atoms with Crippen LogP contribution in [0, 0.1) is 17.8 Å². The Balaban J connectivity index is 0.000000500. The number of rotatable bonds is 0. The molecule has 0 fully saturated rings. The van der Waals surface area contributed by atoms with Crippen LogP contribution in [0.5, 0.6) is 0 Å². The van der Waals surface area contributed by atoms with Gasteiger partial charge in [0.15, 0.2) is 0 Å². The van der Waals surface area contributed by atoms with Crippen molar-refractivity contribution in [2.24, 2.45) is 17.8 Å². The maximum absolute atomic E-state index is 10.9. The van der Waals surface area contributed by atoms with Gasteiger partial charge in [-0.15, -0.1) is 5.76 Å². The molecule has 0 spiro atoms. The second kappa shape index (κ2) is 2.49. The van der Waals surface area contributed by atoms with E-state index in [0.29, 0.717) is 17.6 Å². The molecule has 10 heavy (non-hydrogen) atoms. The Morgan fingerprint density at radius 3 is 2.30 bits per heavy atom. The van der Waals surface area contributed by atoms with Crippen LogP contribution in [0.1, 0.15) is 6.92 Å². The van der Waals surface area contributed by atoms with Gasteiger partial charge in [0, 0.05) is 0 Å². The Labute approximate surface area is 73.0 Å². The van der Waals surface area contributed by atoms with Crippen LogP contribution in [0.15, 0.2) is 24.0 Å². The predicted octanol–water partition coefficient (Wildman–Crippen LogP) is -2.31. The van der Waals surface area contributed by atoms with Gasteiger partial charge in [0.25, 0.3) is 0 Å². The molecule has 0 amide bonds. The zero-order chi connectivity index (χ0) is 6.43. The van der Waals surface area contributed by atoms with Crippen LogP contribution in [-0.2, 0) is 0 Å². The van der Waals surface area contributed by atoms with E-state index in [2.05, 4.69) is 13.0 Å². The van der Waals surface area contributed by atoms with Crippen LogP contribution < -0.4 is 24.0 Å². The monoisotopic (exact) mass is 128 g/mol. The maximum Gasteiger partial charge on any atom is 1.00 e. The minimum absolute atomic E-state index is 0. The second-order valence-corrected chi connectivity index (χ2v) is 2.92. The maximum atomic E-state index is 10.9. The van der Waals surface area contributed by atoms with E-state index in [-0.39, 0.29) is 24.8 Å². The molecule has 2 rings (SSSR count). The van der Waals surface area contributed by atoms with Crippen LogP contribution in [-0.4, -0.2) is 0 Å². The molecule has 2 aliphatic carbocycles. The third kappa shape index (κ3) is 0.855. The van der Waals surface area contributed by atoms with Crippen LogP contribution in [0.25, 0.3) is 0 Å². The molecule has 0 heterocycles. The van der Waals surface area contributed by atoms with Crippen molar-refractivity contribution in [1.29, 1.82) is 0 Å². The Morgan fingerprint density at radius 1 is 1.40 bits per heavy atom. The van der Waals surface area contributed by atoms with Crippen molar-refractivity contribution in [1.82, 2.24) is 0 Å². The molecule has 0 aliphatic heterocycles. The molecular weight excluding hydrogens is 119 g/mol. The Kier molecular flexibility index (Phi) is 1.99. The standard InChI is InChI=1S/C8H10O.Li/c1-5-6-2-3-7(5)8(9)4-6;/h2-7,9H,1H3;/q;+1/p-1/t5-,6+,7+;/m1./s1. The van der Waals surface area contributed by atoms with Crippen molar-refractivity contribution in [3.05, 3.63) is 24.0 Å². The minimum atomic E-state index is 0. The van der Waals surface area contributed by atoms with Crippen molar-refractivity contribution >= 4 is 0 Å². The summed E-state index contributed by atoms with van der Waals surface area (Å²) in [5.41, 5.74) is 0. The first-order valence-electron chi connectivity index (χ1n) is 3.36. The van der Waals surface area contributed by atoms with Crippen molar-refractivity contribution in [2.45, 2.75) is 6.92 Å². The summed E-state index contributed by atoms with van der Waals surface area (Å²) in [4.78, 5) is 0. The molecule has 0 aromatic carbocycles. The average molecular weight is 128 g/mol. The van der Waals surface area contributed by atoms with Crippen molar-refractivity contribution in [3.8, 4) is 0 Å². The van der Waals surface area contributed by atoms with Crippen molar-refractivity contribution in [2.75, 3.05) is 0 Å². The third-order valence-corrected chi connectivity index (χ3v) is 2.40. The van der Waals surface area contributed by atoms with E-state index in [1.807, 2.05) is 12.2 Å². The fourth-order valence-electron chi connectivity index (χ4n) is 1.70. The molecule has 0 unspecified atom stereocenters. The molecule has 2 bridgehead atoms. The molecule has 0 radical (unpaired) electrons. The zero-order valence-corrected chi connectivity index (χ0v) is 6.37. The zero-order valence-electron chi connectivity index (χ0n) is 6.37. The summed E-state index contributed by atoms with van der Waals surface area (Å²) in [5, 5.41) is 10.9. The first kappa shape index (κ1) is 7.98. The van der Waals surface area contributed by atoms with E-state index >= 15 is 0 Å². The molecular formula is C8H9LiO. The summed E-state index contributed by atoms with van der Waals surface area (Å²) >= 11 is 0. The third-order valence-electron chi connectivity index (χ3n) is 2.40. The largest absolute Gasteiger partial charge is 1.00 e. The van der Waals surface area contributed by atoms with Crippen molar-refractivity contribution in [3.63, 3.8) is 0 Å². The SMILES string of the molecule is C[C@@H]1[C@H]2C=C[C@@H]1C([O-])=C2.[Li+]. The molecule has 0 N–H and O–H groups in total. The van der Waals surface area contributed by atoms with Gasteiger partial charge in [0.2, 0.25) is 0 Å². The van der Waals surface area contributed by atoms with E-state index in [9.17, 15) is 5.11 Å². The first-order valence-corrected chi connectivity index (χ1v) is 3.36. The number of hydrogen-bond donors (Lipinski definition) is 0. The first-order chi connectivity index (χ1) is 4.29. The van der Waals surface area contributed by atoms with Gasteiger partial charge in [0.05, 0.1) is 0 Å². The van der Waals surface area contributed by atoms with Crippen LogP contribution in [0.4, 0.5) is 0 Å². The van der Waals surface area contributed by atoms with Crippen LogP contribution >= 0.6 is 0 Å². The molecule has 0 saturated carbocycles. The van der Waals surface area contributed by atoms with Crippen LogP contribution in [0.3, 0.4) is 0 Å². The average Bonchev–Trinajstić information content (AvgIpc) is 2.25. The fraction of sp³-hybridized carbons (Fsp3) is 0.500. The summed E-state index contributed by atoms with van der Waals surface area (Å²) in [5.74, 6) is 1.57. The summed E-state index contributed by atoms with van der Waals surface area (Å²) in [6.45, 7) is 2.14. The minimum Gasteiger partial charge on any atom is -0.875 e. The number of allylic oxidation sites excluding steroid dienone is 3.